The lowest BCUT2D eigenvalue weighted by Crippen LogP contribution is -2.23. The number of fused-ring (bicyclic) bond motifs is 3. The van der Waals surface area contributed by atoms with Gasteiger partial charge >= 0.3 is 0 Å². The van der Waals surface area contributed by atoms with Crippen LogP contribution >= 0.6 is 11.8 Å². The summed E-state index contributed by atoms with van der Waals surface area (Å²) in [5, 5.41) is 10.4. The van der Waals surface area contributed by atoms with E-state index in [1.807, 2.05) is 34.7 Å². The van der Waals surface area contributed by atoms with Gasteiger partial charge in [0.2, 0.25) is 5.78 Å². The molecular weight excluding hydrogens is 368 g/mol. The van der Waals surface area contributed by atoms with Crippen molar-refractivity contribution in [3.8, 4) is 0 Å². The van der Waals surface area contributed by atoms with Crippen LogP contribution in [0.25, 0.3) is 16.7 Å². The van der Waals surface area contributed by atoms with E-state index in [1.54, 1.807) is 16.3 Å². The number of aryl methyl sites for hydroxylation is 2. The van der Waals surface area contributed by atoms with Crippen LogP contribution in [-0.2, 0) is 13.0 Å². The summed E-state index contributed by atoms with van der Waals surface area (Å²) in [4.78, 5) is 13.0. The van der Waals surface area contributed by atoms with Gasteiger partial charge in [0.05, 0.1) is 10.9 Å². The Hall–Kier alpha value is -2.60. The van der Waals surface area contributed by atoms with E-state index in [9.17, 15) is 4.79 Å². The van der Waals surface area contributed by atoms with Gasteiger partial charge in [-0.05, 0) is 30.5 Å². The minimum atomic E-state index is 0.0208. The van der Waals surface area contributed by atoms with Gasteiger partial charge in [-0.1, -0.05) is 74.0 Å². The van der Waals surface area contributed by atoms with E-state index in [2.05, 4.69) is 41.4 Å². The van der Waals surface area contributed by atoms with Crippen molar-refractivity contribution in [2.75, 3.05) is 5.75 Å². The van der Waals surface area contributed by atoms with Gasteiger partial charge in [0.15, 0.2) is 5.16 Å². The normalized spacial score (nSPS) is 11.5. The quantitative estimate of drug-likeness (QED) is 0.326. The Kier molecular flexibility index (Phi) is 5.76. The number of hydrogen-bond donors (Lipinski definition) is 0. The van der Waals surface area contributed by atoms with Gasteiger partial charge in [-0.3, -0.25) is 13.8 Å². The zero-order valence-electron chi connectivity index (χ0n) is 16.0. The molecule has 0 amide bonds. The van der Waals surface area contributed by atoms with Crippen molar-refractivity contribution in [1.29, 1.82) is 0 Å². The van der Waals surface area contributed by atoms with Crippen molar-refractivity contribution in [2.45, 2.75) is 44.3 Å². The summed E-state index contributed by atoms with van der Waals surface area (Å²) in [6.45, 7) is 2.84. The molecule has 2 aromatic carbocycles. The molecule has 0 bridgehead atoms. The highest BCUT2D eigenvalue weighted by molar-refractivity contribution is 7.99. The van der Waals surface area contributed by atoms with Gasteiger partial charge in [-0.15, -0.1) is 10.2 Å². The van der Waals surface area contributed by atoms with E-state index in [0.717, 1.165) is 47.5 Å². The lowest BCUT2D eigenvalue weighted by Gasteiger charge is -2.11. The highest BCUT2D eigenvalue weighted by Gasteiger charge is 2.16. The fourth-order valence-electron chi connectivity index (χ4n) is 3.45. The van der Waals surface area contributed by atoms with Gasteiger partial charge in [0.25, 0.3) is 5.56 Å². The number of nitrogens with zero attached hydrogens (tertiary/aromatic N) is 4. The molecule has 2 heterocycles. The Morgan fingerprint density at radius 1 is 0.964 bits per heavy atom. The number of aromatic nitrogens is 4. The van der Waals surface area contributed by atoms with E-state index < -0.39 is 0 Å². The Balaban J connectivity index is 1.71. The van der Waals surface area contributed by atoms with Crippen molar-refractivity contribution in [2.24, 2.45) is 0 Å². The predicted octanol–water partition coefficient (Wildman–Crippen LogP) is 4.57. The average Bonchev–Trinajstić information content (AvgIpc) is 3.15. The molecule has 0 atom stereocenters. The molecule has 6 heteroatoms. The first-order chi connectivity index (χ1) is 13.8. The third kappa shape index (κ3) is 3.69. The van der Waals surface area contributed by atoms with Crippen molar-refractivity contribution in [1.82, 2.24) is 19.2 Å². The predicted molar refractivity (Wildman–Crippen MR) is 115 cm³/mol. The summed E-state index contributed by atoms with van der Waals surface area (Å²) in [6.07, 6.45) is 4.15. The highest BCUT2D eigenvalue weighted by Crippen LogP contribution is 2.22. The monoisotopic (exact) mass is 392 g/mol. The molecule has 0 unspecified atom stereocenters. The van der Waals surface area contributed by atoms with Crippen molar-refractivity contribution < 1.29 is 0 Å². The highest BCUT2D eigenvalue weighted by atomic mass is 32.2. The molecule has 0 radical (unpaired) electrons. The number of para-hydroxylation sites is 1. The van der Waals surface area contributed by atoms with Crippen LogP contribution in [0.2, 0.25) is 0 Å². The Morgan fingerprint density at radius 3 is 2.57 bits per heavy atom. The number of rotatable bonds is 8. The molecule has 0 saturated heterocycles. The zero-order valence-corrected chi connectivity index (χ0v) is 16.9. The summed E-state index contributed by atoms with van der Waals surface area (Å²) in [7, 11) is 0. The summed E-state index contributed by atoms with van der Waals surface area (Å²) in [5.41, 5.74) is 2.21. The standard InChI is InChI=1S/C22H24N4OS/c1-2-3-9-15-25-20(27)18-12-7-8-13-19(18)26-21(25)23-24-22(26)28-16-14-17-10-5-4-6-11-17/h4-8,10-13H,2-3,9,14-16H2,1H3. The van der Waals surface area contributed by atoms with Gasteiger partial charge in [0, 0.05) is 12.3 Å². The number of benzene rings is 2. The van der Waals surface area contributed by atoms with E-state index in [0.29, 0.717) is 12.3 Å². The van der Waals surface area contributed by atoms with Gasteiger partial charge in [-0.2, -0.15) is 0 Å². The van der Waals surface area contributed by atoms with Crippen LogP contribution in [0.1, 0.15) is 31.7 Å². The second-order valence-electron chi connectivity index (χ2n) is 6.88. The lowest BCUT2D eigenvalue weighted by molar-refractivity contribution is 0.594. The zero-order chi connectivity index (χ0) is 19.3. The lowest BCUT2D eigenvalue weighted by atomic mass is 10.2. The van der Waals surface area contributed by atoms with Crippen LogP contribution in [0.4, 0.5) is 0 Å². The molecule has 2 aromatic heterocycles. The third-order valence-electron chi connectivity index (χ3n) is 4.93. The van der Waals surface area contributed by atoms with E-state index in [1.165, 1.54) is 5.56 Å². The smallest absolute Gasteiger partial charge is 0.262 e. The van der Waals surface area contributed by atoms with Crippen molar-refractivity contribution in [3.05, 3.63) is 70.5 Å². The number of hydrogen-bond acceptors (Lipinski definition) is 4. The summed E-state index contributed by atoms with van der Waals surface area (Å²) >= 11 is 1.68. The minimum Gasteiger partial charge on any atom is -0.276 e. The van der Waals surface area contributed by atoms with E-state index >= 15 is 0 Å². The molecule has 144 valence electrons. The molecule has 0 fully saturated rings. The molecule has 0 aliphatic carbocycles. The van der Waals surface area contributed by atoms with E-state index in [-0.39, 0.29) is 5.56 Å². The number of unbranched alkanes of at least 4 members (excludes halogenated alkanes) is 2. The Morgan fingerprint density at radius 2 is 1.75 bits per heavy atom. The van der Waals surface area contributed by atoms with Gasteiger partial charge < -0.3 is 0 Å². The molecule has 0 saturated carbocycles. The second kappa shape index (κ2) is 8.61. The maximum absolute atomic E-state index is 13.0. The number of thioether (sulfide) groups is 1. The second-order valence-corrected chi connectivity index (χ2v) is 7.95. The van der Waals surface area contributed by atoms with Crippen LogP contribution in [0.5, 0.6) is 0 Å². The molecule has 0 spiro atoms. The summed E-state index contributed by atoms with van der Waals surface area (Å²) < 4.78 is 3.82. The largest absolute Gasteiger partial charge is 0.276 e. The molecular formula is C22H24N4OS. The minimum absolute atomic E-state index is 0.0208. The molecule has 4 aromatic rings. The van der Waals surface area contributed by atoms with Gasteiger partial charge in [0.1, 0.15) is 0 Å². The SMILES string of the molecule is CCCCCn1c(=O)c2ccccc2n2c(SCCc3ccccc3)nnc12. The molecule has 0 aliphatic rings. The van der Waals surface area contributed by atoms with E-state index in [4.69, 9.17) is 0 Å². The first-order valence-electron chi connectivity index (χ1n) is 9.83. The third-order valence-corrected chi connectivity index (χ3v) is 5.86. The van der Waals surface area contributed by atoms with Crippen LogP contribution in [0.3, 0.4) is 0 Å². The first kappa shape index (κ1) is 18.7. The van der Waals surface area contributed by atoms with Crippen LogP contribution in [0, 0.1) is 0 Å². The van der Waals surface area contributed by atoms with Crippen molar-refractivity contribution >= 4 is 28.4 Å². The van der Waals surface area contributed by atoms with Crippen molar-refractivity contribution in [3.63, 3.8) is 0 Å². The molecule has 28 heavy (non-hydrogen) atoms. The van der Waals surface area contributed by atoms with Crippen LogP contribution in [0.15, 0.2) is 64.5 Å². The maximum atomic E-state index is 13.0. The molecule has 4 rings (SSSR count). The fraction of sp³-hybridized carbons (Fsp3) is 0.318. The summed E-state index contributed by atoms with van der Waals surface area (Å²) in [6, 6.07) is 18.2. The molecule has 0 aliphatic heterocycles. The van der Waals surface area contributed by atoms with Crippen LogP contribution < -0.4 is 5.56 Å². The first-order valence-corrected chi connectivity index (χ1v) is 10.8. The fourth-order valence-corrected chi connectivity index (χ4v) is 4.38. The maximum Gasteiger partial charge on any atom is 0.262 e. The average molecular weight is 393 g/mol. The molecule has 0 N–H and O–H groups in total. The Bertz CT molecular complexity index is 1130. The topological polar surface area (TPSA) is 52.2 Å². The van der Waals surface area contributed by atoms with Gasteiger partial charge in [-0.25, -0.2) is 0 Å². The Labute approximate surface area is 168 Å². The summed E-state index contributed by atoms with van der Waals surface area (Å²) in [5.74, 6) is 1.55. The van der Waals surface area contributed by atoms with Crippen LogP contribution in [-0.4, -0.2) is 24.9 Å². The molecule has 5 nitrogen and oxygen atoms in total.